The SMILES string of the molecule is O=S(=O)(O)OC[C@H]1CC[C@]2(CC1)OO[C@]1(O2)C2CC3CC(C2)CC1C3. The summed E-state index contributed by atoms with van der Waals surface area (Å²) in [6.07, 6.45) is 8.94. The van der Waals surface area contributed by atoms with Gasteiger partial charge in [-0.3, -0.25) is 4.55 Å². The fourth-order valence-corrected chi connectivity index (χ4v) is 6.63. The number of rotatable bonds is 3. The molecule has 5 saturated carbocycles. The molecule has 0 aromatic rings. The summed E-state index contributed by atoms with van der Waals surface area (Å²) >= 11 is 0. The fourth-order valence-electron chi connectivity index (χ4n) is 6.26. The van der Waals surface area contributed by atoms with E-state index in [1.807, 2.05) is 0 Å². The Balaban J connectivity index is 1.24. The monoisotopic (exact) mass is 374 g/mol. The Hall–Kier alpha value is -0.250. The van der Waals surface area contributed by atoms with Crippen LogP contribution in [0.5, 0.6) is 0 Å². The van der Waals surface area contributed by atoms with E-state index in [1.54, 1.807) is 0 Å². The minimum absolute atomic E-state index is 0.00945. The van der Waals surface area contributed by atoms with Crippen LogP contribution in [0.25, 0.3) is 0 Å². The van der Waals surface area contributed by atoms with E-state index >= 15 is 0 Å². The first-order valence-electron chi connectivity index (χ1n) is 9.55. The van der Waals surface area contributed by atoms with Gasteiger partial charge >= 0.3 is 10.4 Å². The third kappa shape index (κ3) is 2.85. The quantitative estimate of drug-likeness (QED) is 0.600. The maximum absolute atomic E-state index is 10.7. The van der Waals surface area contributed by atoms with Crippen LogP contribution in [0.3, 0.4) is 0 Å². The largest absolute Gasteiger partial charge is 0.397 e. The molecule has 142 valence electrons. The maximum Gasteiger partial charge on any atom is 0.397 e. The van der Waals surface area contributed by atoms with E-state index in [-0.39, 0.29) is 12.5 Å². The Morgan fingerprint density at radius 2 is 1.56 bits per heavy atom. The molecular formula is C17H26O7S. The van der Waals surface area contributed by atoms with Gasteiger partial charge in [-0.1, -0.05) is 0 Å². The van der Waals surface area contributed by atoms with Crippen LogP contribution in [0.15, 0.2) is 0 Å². The Kier molecular flexibility index (Phi) is 3.80. The summed E-state index contributed by atoms with van der Waals surface area (Å²) in [5.74, 6) is 1.41. The first-order chi connectivity index (χ1) is 11.9. The zero-order chi connectivity index (χ0) is 17.3. The second-order valence-corrected chi connectivity index (χ2v) is 9.95. The predicted molar refractivity (Wildman–Crippen MR) is 85.2 cm³/mol. The third-order valence-corrected chi connectivity index (χ3v) is 7.70. The molecule has 7 nitrogen and oxygen atoms in total. The van der Waals surface area contributed by atoms with Gasteiger partial charge in [-0.25, -0.2) is 4.18 Å². The van der Waals surface area contributed by atoms with E-state index in [9.17, 15) is 8.42 Å². The molecule has 1 saturated heterocycles. The van der Waals surface area contributed by atoms with Crippen molar-refractivity contribution in [1.82, 2.24) is 0 Å². The fraction of sp³-hybridized carbons (Fsp3) is 1.00. The van der Waals surface area contributed by atoms with Gasteiger partial charge in [0.1, 0.15) is 0 Å². The van der Waals surface area contributed by atoms with Gasteiger partial charge in [-0.05, 0) is 62.7 Å². The zero-order valence-corrected chi connectivity index (χ0v) is 15.1. The van der Waals surface area contributed by atoms with Crippen molar-refractivity contribution in [3.05, 3.63) is 0 Å². The Labute approximate surface area is 148 Å². The molecule has 0 aromatic carbocycles. The van der Waals surface area contributed by atoms with E-state index in [1.165, 1.54) is 32.1 Å². The van der Waals surface area contributed by atoms with E-state index in [2.05, 4.69) is 4.18 Å². The van der Waals surface area contributed by atoms with Crippen molar-refractivity contribution in [2.75, 3.05) is 6.61 Å². The van der Waals surface area contributed by atoms with Crippen LogP contribution in [-0.4, -0.2) is 31.2 Å². The molecule has 8 heteroatoms. The molecule has 2 spiro atoms. The Bertz CT molecular complexity index is 609. The number of hydrogen-bond acceptors (Lipinski definition) is 6. The molecule has 5 aliphatic carbocycles. The van der Waals surface area contributed by atoms with Crippen LogP contribution in [-0.2, 0) is 29.1 Å². The molecule has 1 N–H and O–H groups in total. The molecular weight excluding hydrogens is 348 g/mol. The van der Waals surface area contributed by atoms with Crippen LogP contribution in [0.1, 0.15) is 57.8 Å². The third-order valence-electron chi connectivity index (χ3n) is 7.27. The summed E-state index contributed by atoms with van der Waals surface area (Å²) in [6, 6.07) is 0. The molecule has 0 amide bonds. The van der Waals surface area contributed by atoms with Crippen LogP contribution < -0.4 is 0 Å². The van der Waals surface area contributed by atoms with Crippen molar-refractivity contribution < 1.29 is 31.7 Å². The Morgan fingerprint density at radius 1 is 0.960 bits per heavy atom. The molecule has 0 aromatic heterocycles. The van der Waals surface area contributed by atoms with Gasteiger partial charge in [0.15, 0.2) is 0 Å². The average Bonchev–Trinajstić information content (AvgIpc) is 2.91. The molecule has 0 radical (unpaired) electrons. The summed E-state index contributed by atoms with van der Waals surface area (Å²) in [7, 11) is -4.37. The summed E-state index contributed by atoms with van der Waals surface area (Å²) in [5.41, 5.74) is 0. The lowest BCUT2D eigenvalue weighted by Gasteiger charge is -2.57. The van der Waals surface area contributed by atoms with Gasteiger partial charge < -0.3 is 4.74 Å². The van der Waals surface area contributed by atoms with Crippen LogP contribution >= 0.6 is 0 Å². The molecule has 4 bridgehead atoms. The van der Waals surface area contributed by atoms with Crippen molar-refractivity contribution in [1.29, 1.82) is 0 Å². The lowest BCUT2D eigenvalue weighted by molar-refractivity contribution is -0.390. The van der Waals surface area contributed by atoms with Crippen molar-refractivity contribution in [2.45, 2.75) is 69.4 Å². The van der Waals surface area contributed by atoms with Gasteiger partial charge in [0.2, 0.25) is 11.6 Å². The van der Waals surface area contributed by atoms with Crippen LogP contribution in [0, 0.1) is 29.6 Å². The minimum Gasteiger partial charge on any atom is -0.312 e. The summed E-state index contributed by atoms with van der Waals surface area (Å²) < 4.78 is 41.3. The summed E-state index contributed by atoms with van der Waals surface area (Å²) in [5, 5.41) is 0. The minimum atomic E-state index is -4.37. The van der Waals surface area contributed by atoms with Crippen molar-refractivity contribution >= 4 is 10.4 Å². The van der Waals surface area contributed by atoms with Gasteiger partial charge in [-0.15, -0.1) is 0 Å². The highest BCUT2D eigenvalue weighted by Gasteiger charge is 2.66. The lowest BCUT2D eigenvalue weighted by Crippen LogP contribution is -2.59. The van der Waals surface area contributed by atoms with Crippen molar-refractivity contribution in [2.24, 2.45) is 29.6 Å². The molecule has 6 rings (SSSR count). The molecule has 1 aliphatic heterocycles. The molecule has 25 heavy (non-hydrogen) atoms. The van der Waals surface area contributed by atoms with E-state index in [0.29, 0.717) is 24.7 Å². The predicted octanol–water partition coefficient (Wildman–Crippen LogP) is 2.82. The molecule has 6 aliphatic rings. The highest BCUT2D eigenvalue weighted by molar-refractivity contribution is 7.80. The first-order valence-corrected chi connectivity index (χ1v) is 10.9. The summed E-state index contributed by atoms with van der Waals surface area (Å²) in [6.45, 7) is 0.00945. The van der Waals surface area contributed by atoms with E-state index < -0.39 is 22.0 Å². The maximum atomic E-state index is 10.7. The van der Waals surface area contributed by atoms with Crippen molar-refractivity contribution in [3.8, 4) is 0 Å². The molecule has 0 unspecified atom stereocenters. The first kappa shape index (κ1) is 16.9. The normalized spacial score (nSPS) is 51.6. The van der Waals surface area contributed by atoms with Crippen LogP contribution in [0.2, 0.25) is 0 Å². The molecule has 0 atom stereocenters. The van der Waals surface area contributed by atoms with Gasteiger partial charge in [0.25, 0.3) is 0 Å². The van der Waals surface area contributed by atoms with E-state index in [4.69, 9.17) is 19.1 Å². The second kappa shape index (κ2) is 5.62. The number of hydrogen-bond donors (Lipinski definition) is 1. The average molecular weight is 374 g/mol. The molecule has 1 heterocycles. The molecule has 6 fully saturated rings. The number of ether oxygens (including phenoxy) is 1. The van der Waals surface area contributed by atoms with Gasteiger partial charge in [0.05, 0.1) is 6.61 Å². The summed E-state index contributed by atoms with van der Waals surface area (Å²) in [4.78, 5) is 11.8. The topological polar surface area (TPSA) is 91.3 Å². The van der Waals surface area contributed by atoms with E-state index in [0.717, 1.165) is 24.7 Å². The second-order valence-electron chi connectivity index (χ2n) is 8.86. The highest BCUT2D eigenvalue weighted by atomic mass is 32.3. The standard InChI is InChI=1S/C17H26O7S/c18-25(19,20)21-10-11-1-3-16(4-2-11)22-17(24-23-16)14-6-12-5-13(8-14)9-15(17)7-12/h11-15H,1-10H2,(H,18,19,20)/t11-,12?,13?,14?,15?,16+,17-. The van der Waals surface area contributed by atoms with Crippen LogP contribution in [0.4, 0.5) is 0 Å². The highest BCUT2D eigenvalue weighted by Crippen LogP contribution is 2.63. The Morgan fingerprint density at radius 3 is 2.12 bits per heavy atom. The zero-order valence-electron chi connectivity index (χ0n) is 14.3. The van der Waals surface area contributed by atoms with Gasteiger partial charge in [0, 0.05) is 24.7 Å². The van der Waals surface area contributed by atoms with Crippen molar-refractivity contribution in [3.63, 3.8) is 0 Å². The lowest BCUT2D eigenvalue weighted by atomic mass is 9.53. The van der Waals surface area contributed by atoms with Gasteiger partial charge in [-0.2, -0.15) is 18.2 Å². The smallest absolute Gasteiger partial charge is 0.312 e.